The summed E-state index contributed by atoms with van der Waals surface area (Å²) in [5.74, 6) is 1.69. The summed E-state index contributed by atoms with van der Waals surface area (Å²) >= 11 is 0. The molecule has 1 nitrogen and oxygen atoms in total. The van der Waals surface area contributed by atoms with Gasteiger partial charge in [-0.05, 0) is 55.9 Å². The highest BCUT2D eigenvalue weighted by molar-refractivity contribution is 5.33. The maximum absolute atomic E-state index is 5.64. The number of ether oxygens (including phenoxy) is 1. The molecule has 16 heavy (non-hydrogen) atoms. The van der Waals surface area contributed by atoms with Crippen molar-refractivity contribution in [2.24, 2.45) is 11.8 Å². The number of allylic oxidation sites excluding steroid dienone is 3. The highest BCUT2D eigenvalue weighted by Crippen LogP contribution is 2.46. The van der Waals surface area contributed by atoms with Crippen LogP contribution in [0.15, 0.2) is 23.3 Å². The summed E-state index contributed by atoms with van der Waals surface area (Å²) in [4.78, 5) is 0. The van der Waals surface area contributed by atoms with Gasteiger partial charge in [-0.3, -0.25) is 0 Å². The van der Waals surface area contributed by atoms with Crippen molar-refractivity contribution in [1.82, 2.24) is 0 Å². The molecular formula is C15H22O. The minimum Gasteiger partial charge on any atom is -0.377 e. The Kier molecular flexibility index (Phi) is 2.89. The highest BCUT2D eigenvalue weighted by Gasteiger charge is 2.36. The van der Waals surface area contributed by atoms with E-state index < -0.39 is 0 Å². The molecule has 0 N–H and O–H groups in total. The van der Waals surface area contributed by atoms with Crippen molar-refractivity contribution in [3.63, 3.8) is 0 Å². The molecule has 0 amide bonds. The maximum atomic E-state index is 5.64. The van der Waals surface area contributed by atoms with Crippen LogP contribution < -0.4 is 0 Å². The molecule has 2 saturated carbocycles. The van der Waals surface area contributed by atoms with Crippen molar-refractivity contribution < 1.29 is 4.74 Å². The number of hydrogen-bond acceptors (Lipinski definition) is 1. The second-order valence-electron chi connectivity index (χ2n) is 5.52. The summed E-state index contributed by atoms with van der Waals surface area (Å²) < 4.78 is 5.64. The third-order valence-electron chi connectivity index (χ3n) is 4.75. The first-order valence-corrected chi connectivity index (χ1v) is 6.83. The van der Waals surface area contributed by atoms with Crippen LogP contribution in [0.3, 0.4) is 0 Å². The smallest absolute Gasteiger partial charge is 0.0787 e. The first-order chi connectivity index (χ1) is 7.90. The zero-order chi connectivity index (χ0) is 11.0. The van der Waals surface area contributed by atoms with Crippen LogP contribution in [-0.2, 0) is 4.74 Å². The van der Waals surface area contributed by atoms with Gasteiger partial charge in [-0.2, -0.15) is 0 Å². The fourth-order valence-corrected chi connectivity index (χ4v) is 3.95. The lowest BCUT2D eigenvalue weighted by atomic mass is 9.65. The summed E-state index contributed by atoms with van der Waals surface area (Å²) in [5, 5.41) is 0. The average Bonchev–Trinajstić information content (AvgIpc) is 2.37. The topological polar surface area (TPSA) is 9.23 Å². The Balaban J connectivity index is 1.90. The van der Waals surface area contributed by atoms with Crippen LogP contribution in [-0.4, -0.2) is 13.2 Å². The van der Waals surface area contributed by atoms with Crippen molar-refractivity contribution in [1.29, 1.82) is 0 Å². The monoisotopic (exact) mass is 218 g/mol. The molecule has 0 aromatic heterocycles. The van der Waals surface area contributed by atoms with Gasteiger partial charge in [0.2, 0.25) is 0 Å². The molecule has 0 aromatic carbocycles. The van der Waals surface area contributed by atoms with Crippen LogP contribution >= 0.6 is 0 Å². The van der Waals surface area contributed by atoms with Gasteiger partial charge in [0.25, 0.3) is 0 Å². The van der Waals surface area contributed by atoms with Gasteiger partial charge in [-0.15, -0.1) is 0 Å². The molecule has 3 unspecified atom stereocenters. The van der Waals surface area contributed by atoms with E-state index in [0.717, 1.165) is 11.8 Å². The van der Waals surface area contributed by atoms with E-state index in [2.05, 4.69) is 12.2 Å². The van der Waals surface area contributed by atoms with E-state index in [1.54, 1.807) is 11.1 Å². The highest BCUT2D eigenvalue weighted by atomic mass is 16.5. The minimum absolute atomic E-state index is 0.415. The SMILES string of the molecule is COC1CCCC2C1=CC=C1CCCCC12. The van der Waals surface area contributed by atoms with E-state index in [0.29, 0.717) is 6.10 Å². The first-order valence-electron chi connectivity index (χ1n) is 6.83. The third kappa shape index (κ3) is 1.66. The number of methoxy groups -OCH3 is 1. The molecular weight excluding hydrogens is 196 g/mol. The van der Waals surface area contributed by atoms with Gasteiger partial charge in [0, 0.05) is 7.11 Å². The predicted octanol–water partition coefficient (Wildman–Crippen LogP) is 3.86. The molecule has 0 heterocycles. The molecule has 3 aliphatic rings. The third-order valence-corrected chi connectivity index (χ3v) is 4.75. The standard InChI is InChI=1S/C15H22O/c1-16-15-8-4-7-13-12-6-3-2-5-11(12)9-10-14(13)15/h9-10,12-13,15H,2-8H2,1H3. The minimum atomic E-state index is 0.415. The molecule has 0 radical (unpaired) electrons. The molecule has 1 heteroatoms. The second-order valence-corrected chi connectivity index (χ2v) is 5.52. The fraction of sp³-hybridized carbons (Fsp3) is 0.733. The molecule has 0 aliphatic heterocycles. The molecule has 0 bridgehead atoms. The summed E-state index contributed by atoms with van der Waals surface area (Å²) in [6.45, 7) is 0. The van der Waals surface area contributed by atoms with Gasteiger partial charge >= 0.3 is 0 Å². The number of rotatable bonds is 1. The van der Waals surface area contributed by atoms with E-state index in [4.69, 9.17) is 4.74 Å². The van der Waals surface area contributed by atoms with Crippen molar-refractivity contribution in [2.45, 2.75) is 51.0 Å². The Morgan fingerprint density at radius 2 is 1.88 bits per heavy atom. The van der Waals surface area contributed by atoms with E-state index in [1.165, 1.54) is 44.9 Å². The lowest BCUT2D eigenvalue weighted by Gasteiger charge is -2.42. The van der Waals surface area contributed by atoms with E-state index in [9.17, 15) is 0 Å². The molecule has 88 valence electrons. The number of hydrogen-bond donors (Lipinski definition) is 0. The Morgan fingerprint density at radius 3 is 2.75 bits per heavy atom. The van der Waals surface area contributed by atoms with Crippen LogP contribution in [0.25, 0.3) is 0 Å². The van der Waals surface area contributed by atoms with Gasteiger partial charge in [0.1, 0.15) is 0 Å². The first kappa shape index (κ1) is 10.6. The van der Waals surface area contributed by atoms with Crippen LogP contribution in [0.4, 0.5) is 0 Å². The molecule has 0 aromatic rings. The second kappa shape index (κ2) is 4.37. The zero-order valence-corrected chi connectivity index (χ0v) is 10.2. The van der Waals surface area contributed by atoms with Crippen molar-refractivity contribution >= 4 is 0 Å². The predicted molar refractivity (Wildman–Crippen MR) is 66.3 cm³/mol. The number of fused-ring (bicyclic) bond motifs is 3. The molecule has 3 rings (SSSR count). The quantitative estimate of drug-likeness (QED) is 0.649. The zero-order valence-electron chi connectivity index (χ0n) is 10.2. The maximum Gasteiger partial charge on any atom is 0.0787 e. The Bertz CT molecular complexity index is 326. The average molecular weight is 218 g/mol. The molecule has 2 fully saturated rings. The largest absolute Gasteiger partial charge is 0.377 e. The van der Waals surface area contributed by atoms with Crippen molar-refractivity contribution in [2.75, 3.05) is 7.11 Å². The van der Waals surface area contributed by atoms with Crippen molar-refractivity contribution in [3.8, 4) is 0 Å². The van der Waals surface area contributed by atoms with Crippen LogP contribution in [0.2, 0.25) is 0 Å². The van der Waals surface area contributed by atoms with Gasteiger partial charge in [-0.25, -0.2) is 0 Å². The molecule has 0 saturated heterocycles. The van der Waals surface area contributed by atoms with Gasteiger partial charge in [0.15, 0.2) is 0 Å². The molecule has 3 aliphatic carbocycles. The summed E-state index contributed by atoms with van der Waals surface area (Å²) in [5.41, 5.74) is 3.33. The Morgan fingerprint density at radius 1 is 1.00 bits per heavy atom. The van der Waals surface area contributed by atoms with Gasteiger partial charge in [0.05, 0.1) is 6.10 Å². The molecule has 3 atom stereocenters. The van der Waals surface area contributed by atoms with E-state index >= 15 is 0 Å². The summed E-state index contributed by atoms with van der Waals surface area (Å²) in [6, 6.07) is 0. The van der Waals surface area contributed by atoms with Gasteiger partial charge < -0.3 is 4.74 Å². The molecule has 0 spiro atoms. The Labute approximate surface area is 98.6 Å². The van der Waals surface area contributed by atoms with E-state index in [-0.39, 0.29) is 0 Å². The van der Waals surface area contributed by atoms with Crippen LogP contribution in [0, 0.1) is 11.8 Å². The van der Waals surface area contributed by atoms with Crippen LogP contribution in [0.5, 0.6) is 0 Å². The normalized spacial score (nSPS) is 38.2. The van der Waals surface area contributed by atoms with Gasteiger partial charge in [-0.1, -0.05) is 24.1 Å². The Hall–Kier alpha value is -0.560. The lowest BCUT2D eigenvalue weighted by Crippen LogP contribution is -2.33. The van der Waals surface area contributed by atoms with Crippen LogP contribution in [0.1, 0.15) is 44.9 Å². The lowest BCUT2D eigenvalue weighted by molar-refractivity contribution is 0.0865. The summed E-state index contributed by atoms with van der Waals surface area (Å²) in [6.07, 6.45) is 14.8. The fourth-order valence-electron chi connectivity index (χ4n) is 3.95. The van der Waals surface area contributed by atoms with E-state index in [1.807, 2.05) is 7.11 Å². The van der Waals surface area contributed by atoms with Crippen molar-refractivity contribution in [3.05, 3.63) is 23.3 Å². The summed E-state index contributed by atoms with van der Waals surface area (Å²) in [7, 11) is 1.87.